The highest BCUT2D eigenvalue weighted by Gasteiger charge is 2.38. The van der Waals surface area contributed by atoms with Gasteiger partial charge in [-0.25, -0.2) is 4.98 Å². The van der Waals surface area contributed by atoms with Gasteiger partial charge in [0.25, 0.3) is 6.01 Å². The summed E-state index contributed by atoms with van der Waals surface area (Å²) in [6.07, 6.45) is -10.6. The third-order valence-corrected chi connectivity index (χ3v) is 8.12. The van der Waals surface area contributed by atoms with Crippen LogP contribution in [0.15, 0.2) is 34.9 Å². The molecule has 46 heavy (non-hydrogen) atoms. The highest BCUT2D eigenvalue weighted by atomic mass is 19.4. The van der Waals surface area contributed by atoms with Crippen molar-refractivity contribution in [1.82, 2.24) is 19.7 Å². The molecule has 0 spiro atoms. The average molecular weight is 663 g/mol. The van der Waals surface area contributed by atoms with Gasteiger partial charge in [0.1, 0.15) is 12.1 Å². The van der Waals surface area contributed by atoms with Crippen molar-refractivity contribution in [3.63, 3.8) is 0 Å². The number of halogens is 9. The van der Waals surface area contributed by atoms with Crippen LogP contribution in [0.3, 0.4) is 0 Å². The number of hydrogen-bond donors (Lipinski definition) is 0. The molecule has 7 nitrogen and oxygen atoms in total. The number of anilines is 2. The Morgan fingerprint density at radius 3 is 2.02 bits per heavy atom. The molecular formula is C30H31F9N6O. The zero-order valence-corrected chi connectivity index (χ0v) is 25.1. The number of pyridine rings is 1. The van der Waals surface area contributed by atoms with Crippen molar-refractivity contribution in [2.45, 2.75) is 71.1 Å². The highest BCUT2D eigenvalue weighted by molar-refractivity contribution is 5.81. The maximum absolute atomic E-state index is 13.7. The molecule has 3 heterocycles. The number of nitrogens with zero attached hydrogens (tertiary/aromatic N) is 6. The fourth-order valence-electron chi connectivity index (χ4n) is 5.90. The Bertz CT molecular complexity index is 1650. The molecule has 1 aromatic carbocycles. The van der Waals surface area contributed by atoms with Gasteiger partial charge in [-0.2, -0.15) is 49.6 Å². The molecule has 0 amide bonds. The Labute approximate surface area is 258 Å². The summed E-state index contributed by atoms with van der Waals surface area (Å²) >= 11 is 0. The second-order valence-corrected chi connectivity index (χ2v) is 11.5. The number of hydrogen-bond acceptors (Lipinski definition) is 6. The van der Waals surface area contributed by atoms with Crippen molar-refractivity contribution in [2.24, 2.45) is 13.0 Å². The fraction of sp³-hybridized carbons (Fsp3) is 0.500. The molecule has 0 N–H and O–H groups in total. The van der Waals surface area contributed by atoms with Crippen LogP contribution in [-0.4, -0.2) is 32.8 Å². The number of aromatic nitrogens is 4. The third-order valence-electron chi connectivity index (χ3n) is 8.12. The van der Waals surface area contributed by atoms with Gasteiger partial charge in [0.05, 0.1) is 23.4 Å². The summed E-state index contributed by atoms with van der Waals surface area (Å²) in [4.78, 5) is 11.5. The summed E-state index contributed by atoms with van der Waals surface area (Å²) in [6, 6.07) is 2.16. The van der Waals surface area contributed by atoms with Gasteiger partial charge in [-0.05, 0) is 62.4 Å². The molecule has 0 saturated heterocycles. The Hall–Kier alpha value is -3.98. The molecule has 250 valence electrons. The number of rotatable bonds is 9. The second kappa shape index (κ2) is 12.3. The van der Waals surface area contributed by atoms with Gasteiger partial charge < -0.3 is 14.2 Å². The van der Waals surface area contributed by atoms with Gasteiger partial charge >= 0.3 is 18.5 Å². The normalized spacial score (nSPS) is 14.9. The smallest absolute Gasteiger partial charge is 0.431 e. The van der Waals surface area contributed by atoms with Crippen LogP contribution < -0.4 is 9.80 Å². The van der Waals surface area contributed by atoms with Crippen molar-refractivity contribution in [3.8, 4) is 0 Å². The molecule has 4 aromatic rings. The first-order valence-electron chi connectivity index (χ1n) is 14.6. The minimum absolute atomic E-state index is 0.00990. The minimum atomic E-state index is -5.12. The van der Waals surface area contributed by atoms with E-state index in [0.717, 1.165) is 30.6 Å². The van der Waals surface area contributed by atoms with Crippen LogP contribution in [0, 0.1) is 12.8 Å². The SMILES string of the molecule is CCN(CC1CCCC1)c1nc2c(cc1CN(Cc1cc(C(F)(F)F)cc(C(F)(F)F)c1)c1nc(C(F)(F)F)co1)c(C)nn2C. The molecule has 0 bridgehead atoms. The van der Waals surface area contributed by atoms with Gasteiger partial charge in [-0.15, -0.1) is 0 Å². The second-order valence-electron chi connectivity index (χ2n) is 11.5. The third kappa shape index (κ3) is 7.20. The van der Waals surface area contributed by atoms with Crippen molar-refractivity contribution in [2.75, 3.05) is 22.9 Å². The first-order chi connectivity index (χ1) is 21.4. The average Bonchev–Trinajstić information content (AvgIpc) is 3.71. The Kier molecular flexibility index (Phi) is 8.94. The largest absolute Gasteiger partial charge is 0.436 e. The van der Waals surface area contributed by atoms with Crippen LogP contribution in [0.5, 0.6) is 0 Å². The molecule has 0 unspecified atom stereocenters. The molecule has 1 aliphatic carbocycles. The lowest BCUT2D eigenvalue weighted by molar-refractivity contribution is -0.143. The van der Waals surface area contributed by atoms with E-state index in [2.05, 4.69) is 10.1 Å². The van der Waals surface area contributed by atoms with Crippen molar-refractivity contribution in [3.05, 3.63) is 64.2 Å². The summed E-state index contributed by atoms with van der Waals surface area (Å²) in [7, 11) is 1.71. The maximum atomic E-state index is 13.7. The zero-order chi connectivity index (χ0) is 33.6. The van der Waals surface area contributed by atoms with Crippen molar-refractivity contribution in [1.29, 1.82) is 0 Å². The number of alkyl halides is 9. The van der Waals surface area contributed by atoms with E-state index in [-0.39, 0.29) is 12.6 Å². The molecular weight excluding hydrogens is 631 g/mol. The van der Waals surface area contributed by atoms with E-state index in [1.54, 1.807) is 24.7 Å². The Morgan fingerprint density at radius 1 is 0.848 bits per heavy atom. The van der Waals surface area contributed by atoms with Crippen LogP contribution in [0.1, 0.15) is 66.2 Å². The van der Waals surface area contributed by atoms with E-state index < -0.39 is 53.5 Å². The first kappa shape index (κ1) is 33.4. The number of oxazole rings is 1. The fourth-order valence-corrected chi connectivity index (χ4v) is 5.90. The first-order valence-corrected chi connectivity index (χ1v) is 14.6. The van der Waals surface area contributed by atoms with Crippen LogP contribution in [0.2, 0.25) is 0 Å². The van der Waals surface area contributed by atoms with Crippen molar-refractivity contribution < 1.29 is 43.9 Å². The van der Waals surface area contributed by atoms with Crippen LogP contribution in [-0.2, 0) is 38.7 Å². The molecule has 16 heteroatoms. The lowest BCUT2D eigenvalue weighted by Gasteiger charge is -2.29. The molecule has 0 aliphatic heterocycles. The van der Waals surface area contributed by atoms with Gasteiger partial charge in [0.15, 0.2) is 11.3 Å². The van der Waals surface area contributed by atoms with E-state index in [1.165, 1.54) is 0 Å². The summed E-state index contributed by atoms with van der Waals surface area (Å²) in [6.45, 7) is 3.82. The van der Waals surface area contributed by atoms with Gasteiger partial charge in [0.2, 0.25) is 0 Å². The minimum Gasteiger partial charge on any atom is -0.431 e. The maximum Gasteiger partial charge on any atom is 0.436 e. The van der Waals surface area contributed by atoms with E-state index in [1.807, 2.05) is 11.8 Å². The molecule has 1 aliphatic rings. The van der Waals surface area contributed by atoms with E-state index >= 15 is 0 Å². The highest BCUT2D eigenvalue weighted by Crippen LogP contribution is 2.38. The molecule has 1 saturated carbocycles. The number of fused-ring (bicyclic) bond motifs is 1. The predicted octanol–water partition coefficient (Wildman–Crippen LogP) is 8.54. The van der Waals surface area contributed by atoms with Crippen LogP contribution in [0.4, 0.5) is 51.3 Å². The number of benzene rings is 1. The lowest BCUT2D eigenvalue weighted by atomic mass is 10.0. The van der Waals surface area contributed by atoms with Crippen LogP contribution in [0.25, 0.3) is 11.0 Å². The predicted molar refractivity (Wildman–Crippen MR) is 151 cm³/mol. The number of aryl methyl sites for hydroxylation is 2. The Morgan fingerprint density at radius 2 is 1.48 bits per heavy atom. The van der Waals surface area contributed by atoms with E-state index in [9.17, 15) is 39.5 Å². The van der Waals surface area contributed by atoms with Gasteiger partial charge in [-0.1, -0.05) is 12.8 Å². The standard InChI is InChI=1S/C30H31F9N6O/c1-4-44(13-18-7-5-6-8-18)25-20(11-23-17(2)42-43(3)26(23)41-25)15-45(27-40-24(16-46-27)30(37,38)39)14-19-9-21(28(31,32)33)12-22(10-19)29(34,35)36/h9-12,16,18H,4-8,13-15H2,1-3H3. The van der Waals surface area contributed by atoms with Gasteiger partial charge in [-0.3, -0.25) is 4.68 Å². The molecule has 5 rings (SSSR count). The molecule has 0 radical (unpaired) electrons. The van der Waals surface area contributed by atoms with E-state index in [4.69, 9.17) is 9.40 Å². The summed E-state index contributed by atoms with van der Waals surface area (Å²) < 4.78 is 129. The van der Waals surface area contributed by atoms with Crippen LogP contribution >= 0.6 is 0 Å². The molecule has 0 atom stereocenters. The van der Waals surface area contributed by atoms with Crippen molar-refractivity contribution >= 4 is 22.9 Å². The summed E-state index contributed by atoms with van der Waals surface area (Å²) in [5.74, 6) is 0.846. The Balaban J connectivity index is 1.64. The summed E-state index contributed by atoms with van der Waals surface area (Å²) in [5.41, 5.74) is -3.37. The zero-order valence-electron chi connectivity index (χ0n) is 25.1. The van der Waals surface area contributed by atoms with Gasteiger partial charge in [0, 0.05) is 37.6 Å². The lowest BCUT2D eigenvalue weighted by Crippen LogP contribution is -2.32. The molecule has 1 fully saturated rings. The monoisotopic (exact) mass is 662 g/mol. The summed E-state index contributed by atoms with van der Waals surface area (Å²) in [5, 5.41) is 5.04. The topological polar surface area (TPSA) is 63.2 Å². The quantitative estimate of drug-likeness (QED) is 0.168. The van der Waals surface area contributed by atoms with E-state index in [0.29, 0.717) is 65.5 Å². The molecule has 3 aromatic heterocycles.